The molecule has 0 fully saturated rings. The maximum Gasteiger partial charge on any atom is 0.306 e. The zero-order valence-electron chi connectivity index (χ0n) is 38.8. The maximum atomic E-state index is 12.8. The summed E-state index contributed by atoms with van der Waals surface area (Å²) in [5.41, 5.74) is 0. The Kier molecular flexibility index (Phi) is 39.8. The fourth-order valence-corrected chi connectivity index (χ4v) is 6.40. The van der Waals surface area contributed by atoms with E-state index < -0.39 is 18.1 Å². The second-order valence-corrected chi connectivity index (χ2v) is 16.6. The highest BCUT2D eigenvalue weighted by molar-refractivity contribution is 5.70. The van der Waals surface area contributed by atoms with Gasteiger partial charge in [0.2, 0.25) is 0 Å². The lowest BCUT2D eigenvalue weighted by molar-refractivity contribution is -0.889. The fraction of sp³-hybridized carbons (Fsp3) is 0.673. The molecule has 2 atom stereocenters. The lowest BCUT2D eigenvalue weighted by atomic mass is 10.1. The molecule has 0 heterocycles. The van der Waals surface area contributed by atoms with Gasteiger partial charge in [0.1, 0.15) is 12.6 Å². The van der Waals surface area contributed by atoms with Crippen LogP contribution in [0.1, 0.15) is 174 Å². The number of carbonyl (C=O) groups is 3. The number of carbonyl (C=O) groups excluding carboxylic acids is 3. The van der Waals surface area contributed by atoms with Gasteiger partial charge in [-0.3, -0.25) is 9.59 Å². The number of likely N-dealkylation sites (N-methyl/N-ethyl adjacent to an activating group) is 1. The van der Waals surface area contributed by atoms with E-state index in [2.05, 4.69) is 86.8 Å². The lowest BCUT2D eigenvalue weighted by Gasteiger charge is -2.34. The molecular formula is C52H87NO7. The van der Waals surface area contributed by atoms with Gasteiger partial charge in [-0.05, 0) is 70.6 Å². The van der Waals surface area contributed by atoms with Crippen molar-refractivity contribution in [3.8, 4) is 0 Å². The molecule has 0 aromatic heterocycles. The van der Waals surface area contributed by atoms with Gasteiger partial charge in [0.05, 0.1) is 40.3 Å². The smallest absolute Gasteiger partial charge is 0.306 e. The minimum absolute atomic E-state index is 0.0119. The highest BCUT2D eigenvalue weighted by Gasteiger charge is 2.25. The van der Waals surface area contributed by atoms with E-state index in [9.17, 15) is 19.5 Å². The molecule has 8 heteroatoms. The molecule has 0 aromatic rings. The molecular weight excluding hydrogens is 751 g/mol. The number of quaternary nitrogens is 1. The lowest BCUT2D eigenvalue weighted by Crippen LogP contribution is -2.55. The van der Waals surface area contributed by atoms with Gasteiger partial charge < -0.3 is 28.6 Å². The molecule has 2 unspecified atom stereocenters. The Morgan fingerprint density at radius 1 is 0.533 bits per heavy atom. The number of nitrogens with zero attached hydrogens (tertiary/aromatic N) is 1. The molecule has 0 aliphatic rings. The van der Waals surface area contributed by atoms with Crippen molar-refractivity contribution >= 4 is 17.9 Å². The van der Waals surface area contributed by atoms with E-state index in [-0.39, 0.29) is 49.1 Å². The summed E-state index contributed by atoms with van der Waals surface area (Å²) in [5.74, 6) is -1.85. The van der Waals surface area contributed by atoms with Crippen molar-refractivity contribution in [3.63, 3.8) is 0 Å². The molecule has 0 radical (unpaired) electrons. The molecule has 0 N–H and O–H groups in total. The summed E-state index contributed by atoms with van der Waals surface area (Å²) in [7, 11) is 5.38. The van der Waals surface area contributed by atoms with E-state index in [1.165, 1.54) is 77.0 Å². The number of carboxylic acids is 1. The van der Waals surface area contributed by atoms with Crippen molar-refractivity contribution in [2.75, 3.05) is 41.0 Å². The molecule has 8 nitrogen and oxygen atoms in total. The second kappa shape index (κ2) is 42.2. The zero-order valence-corrected chi connectivity index (χ0v) is 38.8. The van der Waals surface area contributed by atoms with E-state index >= 15 is 0 Å². The Bertz CT molecular complexity index is 1250. The number of allylic oxidation sites excluding steroid dienone is 14. The molecule has 0 bridgehead atoms. The molecule has 342 valence electrons. The number of unbranched alkanes of at least 4 members (excludes halogenated alkanes) is 14. The molecule has 60 heavy (non-hydrogen) atoms. The van der Waals surface area contributed by atoms with Crippen LogP contribution in [0.4, 0.5) is 0 Å². The molecule has 0 aliphatic carbocycles. The predicted octanol–water partition coefficient (Wildman–Crippen LogP) is 12.0. The van der Waals surface area contributed by atoms with Gasteiger partial charge in [0, 0.05) is 19.3 Å². The van der Waals surface area contributed by atoms with Crippen LogP contribution in [0.2, 0.25) is 0 Å². The Morgan fingerprint density at radius 2 is 1.02 bits per heavy atom. The SMILES string of the molecule is CC/C=C/C/C=C/C/C=C/C/C=C/C/C=C/CCC(=O)OCC(COCCC(C(=O)[O-])[N+](C)(C)C)OC(=O)CCCCCCCCCCCC/C=C/C=C/CCCCCC. The van der Waals surface area contributed by atoms with E-state index in [4.69, 9.17) is 14.2 Å². The minimum atomic E-state index is -1.14. The Morgan fingerprint density at radius 3 is 1.52 bits per heavy atom. The topological polar surface area (TPSA) is 102 Å². The summed E-state index contributed by atoms with van der Waals surface area (Å²) in [6.45, 7) is 4.44. The van der Waals surface area contributed by atoms with Crippen molar-refractivity contribution in [2.45, 2.75) is 187 Å². The molecule has 0 amide bonds. The number of hydrogen-bond acceptors (Lipinski definition) is 7. The predicted molar refractivity (Wildman–Crippen MR) is 249 cm³/mol. The highest BCUT2D eigenvalue weighted by Crippen LogP contribution is 2.14. The van der Waals surface area contributed by atoms with Gasteiger partial charge in [-0.25, -0.2) is 0 Å². The fourth-order valence-electron chi connectivity index (χ4n) is 6.40. The standard InChI is InChI=1S/C52H87NO7/c1-6-8-10-12-14-16-18-20-22-24-25-26-27-29-31-33-35-37-39-41-43-51(55)60-48(46-58-45-44-49(52(56)57)53(3,4)5)47-59-50(54)42-40-38-36-34-32-30-28-23-21-19-17-15-13-11-9-7-2/h9,11,15-18,20-23,30,32,36,38,48-49H,6-8,10,12-14,19,24-29,31,33-35,37,39-47H2,1-5H3/b11-9+,17-15+,18-16+,22-20+,23-21+,32-30+,38-36+. The summed E-state index contributed by atoms with van der Waals surface area (Å²) in [4.78, 5) is 36.9. The summed E-state index contributed by atoms with van der Waals surface area (Å²) in [6.07, 6.45) is 54.8. The average molecular weight is 838 g/mol. The highest BCUT2D eigenvalue weighted by atomic mass is 16.6. The summed E-state index contributed by atoms with van der Waals surface area (Å²) in [6, 6.07) is -0.741. The molecule has 0 spiro atoms. The number of ether oxygens (including phenoxy) is 3. The summed E-state index contributed by atoms with van der Waals surface area (Å²) >= 11 is 0. The van der Waals surface area contributed by atoms with Gasteiger partial charge in [0.15, 0.2) is 6.10 Å². The van der Waals surface area contributed by atoms with E-state index in [1.807, 2.05) is 12.2 Å². The quantitative estimate of drug-likeness (QED) is 0.0199. The van der Waals surface area contributed by atoms with Crippen LogP contribution in [0.3, 0.4) is 0 Å². The van der Waals surface area contributed by atoms with Crippen LogP contribution < -0.4 is 5.11 Å². The second-order valence-electron chi connectivity index (χ2n) is 16.6. The third kappa shape index (κ3) is 39.9. The number of esters is 2. The van der Waals surface area contributed by atoms with Crippen LogP contribution in [0, 0.1) is 0 Å². The van der Waals surface area contributed by atoms with Crippen LogP contribution in [0.25, 0.3) is 0 Å². The first kappa shape index (κ1) is 56.5. The van der Waals surface area contributed by atoms with Crippen molar-refractivity contribution in [3.05, 3.63) is 85.1 Å². The number of carboxylic acid groups (broad SMARTS) is 1. The van der Waals surface area contributed by atoms with E-state index in [0.29, 0.717) is 12.8 Å². The van der Waals surface area contributed by atoms with Gasteiger partial charge in [-0.1, -0.05) is 170 Å². The van der Waals surface area contributed by atoms with Crippen LogP contribution in [-0.2, 0) is 28.6 Å². The maximum absolute atomic E-state index is 12.8. The molecule has 0 aliphatic heterocycles. The number of rotatable bonds is 41. The first-order valence-corrected chi connectivity index (χ1v) is 23.6. The first-order valence-electron chi connectivity index (χ1n) is 23.6. The Labute approximate surface area is 367 Å². The van der Waals surface area contributed by atoms with Crippen LogP contribution >= 0.6 is 0 Å². The van der Waals surface area contributed by atoms with Crippen molar-refractivity contribution in [1.82, 2.24) is 0 Å². The Balaban J connectivity index is 4.40. The average Bonchev–Trinajstić information content (AvgIpc) is 3.21. The number of aliphatic carboxylic acids is 1. The van der Waals surface area contributed by atoms with E-state index in [1.54, 1.807) is 21.1 Å². The van der Waals surface area contributed by atoms with Crippen molar-refractivity contribution < 1.29 is 38.2 Å². The number of hydrogen-bond donors (Lipinski definition) is 0. The third-order valence-electron chi connectivity index (χ3n) is 10.1. The molecule has 0 rings (SSSR count). The molecule has 0 saturated carbocycles. The largest absolute Gasteiger partial charge is 0.544 e. The van der Waals surface area contributed by atoms with Gasteiger partial charge in [-0.15, -0.1) is 0 Å². The summed E-state index contributed by atoms with van der Waals surface area (Å²) in [5, 5.41) is 11.6. The van der Waals surface area contributed by atoms with Gasteiger partial charge in [0.25, 0.3) is 0 Å². The van der Waals surface area contributed by atoms with E-state index in [0.717, 1.165) is 57.8 Å². The minimum Gasteiger partial charge on any atom is -0.544 e. The van der Waals surface area contributed by atoms with Crippen LogP contribution in [0.15, 0.2) is 85.1 Å². The first-order chi connectivity index (χ1) is 29.1. The zero-order chi connectivity index (χ0) is 44.2. The third-order valence-corrected chi connectivity index (χ3v) is 10.1. The van der Waals surface area contributed by atoms with Crippen LogP contribution in [0.5, 0.6) is 0 Å². The molecule has 0 saturated heterocycles. The van der Waals surface area contributed by atoms with Crippen molar-refractivity contribution in [2.24, 2.45) is 0 Å². The van der Waals surface area contributed by atoms with Crippen LogP contribution in [-0.4, -0.2) is 75.5 Å². The van der Waals surface area contributed by atoms with Gasteiger partial charge >= 0.3 is 11.9 Å². The summed E-state index contributed by atoms with van der Waals surface area (Å²) < 4.78 is 17.1. The monoisotopic (exact) mass is 838 g/mol. The van der Waals surface area contributed by atoms with Crippen molar-refractivity contribution in [1.29, 1.82) is 0 Å². The van der Waals surface area contributed by atoms with Gasteiger partial charge in [-0.2, -0.15) is 0 Å². The normalized spacial score (nSPS) is 13.7. The Hall–Kier alpha value is -3.49. The molecule has 0 aromatic carbocycles.